The summed E-state index contributed by atoms with van der Waals surface area (Å²) >= 11 is 6.08. The van der Waals surface area contributed by atoms with Gasteiger partial charge >= 0.3 is 12.0 Å². The monoisotopic (exact) mass is 517 g/mol. The van der Waals surface area contributed by atoms with Gasteiger partial charge < -0.3 is 26.8 Å². The number of hydrogen-bond acceptors (Lipinski definition) is 8. The molecule has 0 aromatic heterocycles. The first-order chi connectivity index (χ1) is 17.2. The smallest absolute Gasteiger partial charge is 0.360 e. The van der Waals surface area contributed by atoms with Crippen molar-refractivity contribution < 1.29 is 19.1 Å². The minimum atomic E-state index is -1.02. The second-order valence-corrected chi connectivity index (χ2v) is 8.44. The highest BCUT2D eigenvalue weighted by Crippen LogP contribution is 2.22. The number of amides is 3. The fourth-order valence-electron chi connectivity index (χ4n) is 3.22. The van der Waals surface area contributed by atoms with Gasteiger partial charge in [-0.05, 0) is 49.6 Å². The van der Waals surface area contributed by atoms with Gasteiger partial charge in [0.25, 0.3) is 0 Å². The Bertz CT molecular complexity index is 1050. The molecule has 2 atom stereocenters. The van der Waals surface area contributed by atoms with Crippen molar-refractivity contribution in [2.75, 3.05) is 13.7 Å². The Kier molecular flexibility index (Phi) is 11.9. The van der Waals surface area contributed by atoms with Crippen molar-refractivity contribution in [1.82, 2.24) is 16.0 Å². The average Bonchev–Trinajstić information content (AvgIpc) is 2.86. The molecule has 3 amide bonds. The third kappa shape index (κ3) is 10.1. The first kappa shape index (κ1) is 28.9. The number of benzene rings is 2. The third-order valence-electron chi connectivity index (χ3n) is 5.16. The van der Waals surface area contributed by atoms with Crippen molar-refractivity contribution in [2.45, 2.75) is 44.6 Å². The number of esters is 1. The summed E-state index contributed by atoms with van der Waals surface area (Å²) in [6.07, 6.45) is 0.250. The number of nitrogens with two attached hydrogens (primary N) is 2. The summed E-state index contributed by atoms with van der Waals surface area (Å²) in [5.41, 5.74) is 13.0. The van der Waals surface area contributed by atoms with Gasteiger partial charge in [0.1, 0.15) is 18.4 Å². The van der Waals surface area contributed by atoms with Gasteiger partial charge in [-0.3, -0.25) is 10.1 Å². The fraction of sp³-hybridized carbons (Fsp3) is 0.375. The van der Waals surface area contributed by atoms with Crippen LogP contribution in [0.5, 0.6) is 0 Å². The number of rotatable bonds is 12. The molecule has 194 valence electrons. The normalized spacial score (nSPS) is 12.8. The number of azo groups is 1. The van der Waals surface area contributed by atoms with Gasteiger partial charge in [0, 0.05) is 11.4 Å². The predicted molar refractivity (Wildman–Crippen MR) is 137 cm³/mol. The van der Waals surface area contributed by atoms with E-state index >= 15 is 0 Å². The summed E-state index contributed by atoms with van der Waals surface area (Å²) in [4.78, 5) is 37.9. The van der Waals surface area contributed by atoms with Crippen LogP contribution in [-0.4, -0.2) is 49.9 Å². The molecule has 0 saturated heterocycles. The molecule has 12 heteroatoms. The lowest BCUT2D eigenvalue weighted by atomic mass is 10.0. The number of urea groups is 1. The first-order valence-corrected chi connectivity index (χ1v) is 11.7. The molecule has 2 rings (SSSR count). The summed E-state index contributed by atoms with van der Waals surface area (Å²) < 4.78 is 4.82. The van der Waals surface area contributed by atoms with E-state index in [9.17, 15) is 14.4 Å². The molecule has 0 fully saturated rings. The molecule has 11 nitrogen and oxygen atoms in total. The zero-order chi connectivity index (χ0) is 26.5. The van der Waals surface area contributed by atoms with Crippen molar-refractivity contribution >= 4 is 35.2 Å². The standard InChI is InChI=1S/C24H32ClN7O4/c1-15-10-11-17(14-18(15)25)31-32-24(35)30-20(13-16-7-4-3-5-8-16)21(33)29-19(22(34)36-2)9-6-12-28-23(26)27/h3-5,7-8,10-11,14,19-20,23,28H,6,9,12-13,26-27H2,1-2H3,(H,29,33)(H,30,35). The van der Waals surface area contributed by atoms with Crippen LogP contribution in [0.4, 0.5) is 10.5 Å². The Balaban J connectivity index is 2.12. The van der Waals surface area contributed by atoms with Crippen LogP contribution in [0, 0.1) is 6.92 Å². The number of nitrogens with zero attached hydrogens (tertiary/aromatic N) is 2. The predicted octanol–water partition coefficient (Wildman–Crippen LogP) is 2.28. The molecular formula is C24H32ClN7O4. The summed E-state index contributed by atoms with van der Waals surface area (Å²) in [6.45, 7) is 2.28. The average molecular weight is 518 g/mol. The minimum Gasteiger partial charge on any atom is -0.467 e. The molecule has 0 heterocycles. The Hall–Kier alpha value is -3.38. The maximum absolute atomic E-state index is 13.1. The lowest BCUT2D eigenvalue weighted by molar-refractivity contribution is -0.145. The fourth-order valence-corrected chi connectivity index (χ4v) is 3.40. The van der Waals surface area contributed by atoms with Crippen LogP contribution < -0.4 is 27.4 Å². The molecule has 2 unspecified atom stereocenters. The van der Waals surface area contributed by atoms with Gasteiger partial charge in [-0.15, -0.1) is 5.11 Å². The zero-order valence-electron chi connectivity index (χ0n) is 20.2. The highest BCUT2D eigenvalue weighted by molar-refractivity contribution is 6.31. The highest BCUT2D eigenvalue weighted by atomic mass is 35.5. The summed E-state index contributed by atoms with van der Waals surface area (Å²) in [5.74, 6) is -1.18. The van der Waals surface area contributed by atoms with Gasteiger partial charge in [0.2, 0.25) is 5.91 Å². The van der Waals surface area contributed by atoms with Crippen LogP contribution in [0.15, 0.2) is 58.8 Å². The van der Waals surface area contributed by atoms with Gasteiger partial charge in [0.05, 0.1) is 12.8 Å². The number of aryl methyl sites for hydroxylation is 1. The molecule has 36 heavy (non-hydrogen) atoms. The van der Waals surface area contributed by atoms with Crippen LogP contribution in [0.1, 0.15) is 24.0 Å². The Labute approximate surface area is 215 Å². The van der Waals surface area contributed by atoms with Crippen LogP contribution in [0.2, 0.25) is 5.02 Å². The SMILES string of the molecule is COC(=O)C(CCCNC(N)N)NC(=O)C(Cc1ccccc1)NC(=O)N=Nc1ccc(C)c(Cl)c1. The lowest BCUT2D eigenvalue weighted by Crippen LogP contribution is -2.52. The van der Waals surface area contributed by atoms with E-state index in [0.29, 0.717) is 23.7 Å². The van der Waals surface area contributed by atoms with Crippen LogP contribution in [0.3, 0.4) is 0 Å². The number of ether oxygens (including phenoxy) is 1. The molecule has 0 aliphatic heterocycles. The summed E-state index contributed by atoms with van der Waals surface area (Å²) in [7, 11) is 1.23. The van der Waals surface area contributed by atoms with Gasteiger partial charge in [-0.1, -0.05) is 53.1 Å². The van der Waals surface area contributed by atoms with E-state index in [2.05, 4.69) is 26.2 Å². The van der Waals surface area contributed by atoms with Crippen molar-refractivity contribution in [3.63, 3.8) is 0 Å². The Morgan fingerprint density at radius 1 is 1.06 bits per heavy atom. The van der Waals surface area contributed by atoms with Gasteiger partial charge in [-0.25, -0.2) is 9.59 Å². The molecular weight excluding hydrogens is 486 g/mol. The molecule has 0 bridgehead atoms. The van der Waals surface area contributed by atoms with E-state index in [1.165, 1.54) is 7.11 Å². The first-order valence-electron chi connectivity index (χ1n) is 11.3. The van der Waals surface area contributed by atoms with Crippen LogP contribution in [-0.2, 0) is 20.7 Å². The van der Waals surface area contributed by atoms with E-state index in [1.807, 2.05) is 37.3 Å². The molecule has 2 aromatic carbocycles. The number of nitrogens with one attached hydrogen (secondary N) is 3. The van der Waals surface area contributed by atoms with Gasteiger partial charge in [-0.2, -0.15) is 0 Å². The molecule has 0 spiro atoms. The second-order valence-electron chi connectivity index (χ2n) is 8.03. The van der Waals surface area contributed by atoms with E-state index in [4.69, 9.17) is 27.8 Å². The number of hydrogen-bond donors (Lipinski definition) is 5. The van der Waals surface area contributed by atoms with E-state index < -0.39 is 36.3 Å². The second kappa shape index (κ2) is 14.9. The molecule has 2 aromatic rings. The van der Waals surface area contributed by atoms with Crippen molar-refractivity contribution in [3.8, 4) is 0 Å². The maximum atomic E-state index is 13.1. The third-order valence-corrected chi connectivity index (χ3v) is 5.57. The quantitative estimate of drug-likeness (QED) is 0.124. The summed E-state index contributed by atoms with van der Waals surface area (Å²) in [5, 5.41) is 16.1. The highest BCUT2D eigenvalue weighted by Gasteiger charge is 2.27. The largest absolute Gasteiger partial charge is 0.467 e. The lowest BCUT2D eigenvalue weighted by Gasteiger charge is -2.22. The number of carbonyl (C=O) groups is 3. The van der Waals surface area contributed by atoms with Crippen LogP contribution in [0.25, 0.3) is 0 Å². The molecule has 0 aliphatic carbocycles. The van der Waals surface area contributed by atoms with E-state index in [1.54, 1.807) is 18.2 Å². The molecule has 0 radical (unpaired) electrons. The van der Waals surface area contributed by atoms with Crippen LogP contribution >= 0.6 is 11.6 Å². The molecule has 0 aliphatic rings. The molecule has 7 N–H and O–H groups in total. The summed E-state index contributed by atoms with van der Waals surface area (Å²) in [6, 6.07) is 11.3. The Morgan fingerprint density at radius 3 is 2.42 bits per heavy atom. The number of methoxy groups -OCH3 is 1. The van der Waals surface area contributed by atoms with E-state index in [0.717, 1.165) is 11.1 Å². The molecule has 0 saturated carbocycles. The number of carbonyl (C=O) groups excluding carboxylic acids is 3. The van der Waals surface area contributed by atoms with Crippen molar-refractivity contribution in [3.05, 3.63) is 64.7 Å². The zero-order valence-corrected chi connectivity index (χ0v) is 21.0. The van der Waals surface area contributed by atoms with Gasteiger partial charge in [0.15, 0.2) is 0 Å². The van der Waals surface area contributed by atoms with E-state index in [-0.39, 0.29) is 12.8 Å². The minimum absolute atomic E-state index is 0.168. The topological polar surface area (TPSA) is 173 Å². The maximum Gasteiger partial charge on any atom is 0.360 e. The number of halogens is 1. The Morgan fingerprint density at radius 2 is 1.78 bits per heavy atom. The van der Waals surface area contributed by atoms with Crippen molar-refractivity contribution in [1.29, 1.82) is 0 Å². The van der Waals surface area contributed by atoms with Crippen molar-refractivity contribution in [2.24, 2.45) is 21.7 Å².